The van der Waals surface area contributed by atoms with Crippen molar-refractivity contribution in [2.45, 2.75) is 33.8 Å². The third-order valence-electron chi connectivity index (χ3n) is 6.40. The Labute approximate surface area is 256 Å². The van der Waals surface area contributed by atoms with E-state index in [-0.39, 0.29) is 29.2 Å². The molecule has 0 bridgehead atoms. The van der Waals surface area contributed by atoms with Gasteiger partial charge in [0.15, 0.2) is 12.0 Å². The summed E-state index contributed by atoms with van der Waals surface area (Å²) in [5, 5.41) is 12.2. The van der Waals surface area contributed by atoms with E-state index in [1.807, 2.05) is 0 Å². The molecule has 2 aliphatic heterocycles. The highest BCUT2D eigenvalue weighted by Gasteiger charge is 2.59. The Bertz CT molecular complexity index is 1450. The first-order chi connectivity index (χ1) is 19.8. The van der Waals surface area contributed by atoms with E-state index in [1.54, 1.807) is 18.2 Å². The maximum absolute atomic E-state index is 13.4. The predicted molar refractivity (Wildman–Crippen MR) is 152 cm³/mol. The van der Waals surface area contributed by atoms with E-state index in [4.69, 9.17) is 44.3 Å². The zero-order valence-electron chi connectivity index (χ0n) is 21.4. The van der Waals surface area contributed by atoms with Gasteiger partial charge in [-0.15, -0.1) is 0 Å². The van der Waals surface area contributed by atoms with Crippen molar-refractivity contribution in [2.75, 3.05) is 12.4 Å². The maximum atomic E-state index is 13.4. The van der Waals surface area contributed by atoms with Gasteiger partial charge in [0.05, 0.1) is 15.7 Å². The van der Waals surface area contributed by atoms with Crippen molar-refractivity contribution in [1.29, 1.82) is 0 Å². The number of carbonyl (C=O) groups is 4. The number of nitro benzene ring substituents is 1. The topological polar surface area (TPSA) is 162 Å². The number of fused-ring (bicyclic) bond motifs is 1. The number of rotatable bonds is 9. The van der Waals surface area contributed by atoms with E-state index >= 15 is 0 Å². The van der Waals surface area contributed by atoms with Gasteiger partial charge in [0.1, 0.15) is 24.6 Å². The molecule has 2 fully saturated rings. The number of hydrogen-bond donors (Lipinski definition) is 1. The quantitative estimate of drug-likeness (QED) is 0.0812. The van der Waals surface area contributed by atoms with Gasteiger partial charge in [-0.2, -0.15) is 0 Å². The van der Waals surface area contributed by atoms with Crippen LogP contribution < -0.4 is 5.32 Å². The van der Waals surface area contributed by atoms with E-state index in [0.29, 0.717) is 5.56 Å². The SMILES string of the molecule is C=C1CS(=O)[C@@H]2C(NC(=O)C(C(=O)OCc3ccc([N+](=O)[O-])cc3)c3ccccc3)C(=O)N2C1C(=O)OCC(Cl)(Cl)Cl. The van der Waals surface area contributed by atoms with Gasteiger partial charge in [0, 0.05) is 17.9 Å². The van der Waals surface area contributed by atoms with Crippen molar-refractivity contribution in [2.24, 2.45) is 0 Å². The molecule has 2 saturated heterocycles. The summed E-state index contributed by atoms with van der Waals surface area (Å²) in [6.45, 7) is 2.85. The van der Waals surface area contributed by atoms with E-state index < -0.39 is 73.3 Å². The highest BCUT2D eigenvalue weighted by atomic mass is 35.6. The zero-order valence-corrected chi connectivity index (χ0v) is 24.5. The molecule has 12 nitrogen and oxygen atoms in total. The first-order valence-electron chi connectivity index (χ1n) is 12.1. The average Bonchev–Trinajstić information content (AvgIpc) is 2.94. The van der Waals surface area contributed by atoms with Crippen LogP contribution in [-0.2, 0) is 46.1 Å². The number of nitro groups is 1. The summed E-state index contributed by atoms with van der Waals surface area (Å²) < 4.78 is 21.4. The lowest BCUT2D eigenvalue weighted by Crippen LogP contribution is -2.77. The molecule has 2 amide bonds. The van der Waals surface area contributed by atoms with E-state index in [1.165, 1.54) is 36.4 Å². The van der Waals surface area contributed by atoms with Crippen LogP contribution in [0.4, 0.5) is 5.69 Å². The molecule has 5 atom stereocenters. The second-order valence-electron chi connectivity index (χ2n) is 9.31. The second-order valence-corrected chi connectivity index (χ2v) is 13.4. The molecule has 0 aromatic heterocycles. The molecule has 16 heteroatoms. The first kappa shape index (κ1) is 31.4. The number of esters is 2. The van der Waals surface area contributed by atoms with Crippen molar-refractivity contribution < 1.29 is 37.8 Å². The lowest BCUT2D eigenvalue weighted by Gasteiger charge is -2.52. The lowest BCUT2D eigenvalue weighted by molar-refractivity contribution is -0.384. The summed E-state index contributed by atoms with van der Waals surface area (Å²) in [7, 11) is -1.75. The van der Waals surface area contributed by atoms with Crippen LogP contribution in [0.1, 0.15) is 17.0 Å². The molecule has 0 saturated carbocycles. The molecule has 2 heterocycles. The van der Waals surface area contributed by atoms with Gasteiger partial charge in [-0.25, -0.2) is 4.79 Å². The van der Waals surface area contributed by atoms with Crippen LogP contribution in [0.5, 0.6) is 0 Å². The monoisotopic (exact) mass is 657 g/mol. The third-order valence-corrected chi connectivity index (χ3v) is 8.42. The van der Waals surface area contributed by atoms with Crippen molar-refractivity contribution in [3.8, 4) is 0 Å². The summed E-state index contributed by atoms with van der Waals surface area (Å²) in [5.41, 5.74) is 0.708. The lowest BCUT2D eigenvalue weighted by atomic mass is 9.95. The molecular formula is C26H22Cl3N3O9S. The fourth-order valence-corrected chi connectivity index (χ4v) is 6.28. The molecule has 0 aliphatic carbocycles. The van der Waals surface area contributed by atoms with Crippen molar-refractivity contribution in [1.82, 2.24) is 10.2 Å². The molecule has 2 aliphatic rings. The summed E-state index contributed by atoms with van der Waals surface area (Å²) in [5.74, 6) is -5.21. The van der Waals surface area contributed by atoms with E-state index in [2.05, 4.69) is 11.9 Å². The average molecular weight is 659 g/mol. The Kier molecular flexibility index (Phi) is 9.56. The first-order valence-corrected chi connectivity index (χ1v) is 14.7. The van der Waals surface area contributed by atoms with Crippen LogP contribution in [0.15, 0.2) is 66.7 Å². The van der Waals surface area contributed by atoms with Crippen molar-refractivity contribution in [3.63, 3.8) is 0 Å². The minimum Gasteiger partial charge on any atom is -0.460 e. The summed E-state index contributed by atoms with van der Waals surface area (Å²) in [6, 6.07) is 10.6. The number of carbonyl (C=O) groups excluding carboxylic acids is 4. The summed E-state index contributed by atoms with van der Waals surface area (Å²) in [6.07, 6.45) is 0. The van der Waals surface area contributed by atoms with Gasteiger partial charge in [-0.3, -0.25) is 28.7 Å². The third kappa shape index (κ3) is 6.92. The van der Waals surface area contributed by atoms with Gasteiger partial charge in [0.2, 0.25) is 15.6 Å². The minimum absolute atomic E-state index is 0.143. The summed E-state index contributed by atoms with van der Waals surface area (Å²) in [4.78, 5) is 63.7. The van der Waals surface area contributed by atoms with Crippen LogP contribution in [-0.4, -0.2) is 71.4 Å². The molecule has 4 unspecified atom stereocenters. The number of ether oxygens (including phenoxy) is 2. The van der Waals surface area contributed by atoms with Crippen molar-refractivity contribution >= 4 is 75.0 Å². The Balaban J connectivity index is 1.49. The molecule has 222 valence electrons. The van der Waals surface area contributed by atoms with Gasteiger partial charge >= 0.3 is 11.9 Å². The van der Waals surface area contributed by atoms with Crippen molar-refractivity contribution in [3.05, 3.63) is 88.0 Å². The zero-order chi connectivity index (χ0) is 30.8. The Morgan fingerprint density at radius 3 is 2.36 bits per heavy atom. The molecule has 0 spiro atoms. The molecule has 2 aromatic rings. The summed E-state index contributed by atoms with van der Waals surface area (Å²) >= 11 is 16.9. The molecule has 42 heavy (non-hydrogen) atoms. The van der Waals surface area contributed by atoms with Gasteiger partial charge in [-0.05, 0) is 28.8 Å². The van der Waals surface area contributed by atoms with Gasteiger partial charge in [0.25, 0.3) is 5.69 Å². The number of halogens is 3. The number of hydrogen-bond acceptors (Lipinski definition) is 9. The van der Waals surface area contributed by atoms with E-state index in [9.17, 15) is 33.5 Å². The number of benzene rings is 2. The fraction of sp³-hybridized carbons (Fsp3) is 0.308. The predicted octanol–water partition coefficient (Wildman–Crippen LogP) is 2.68. The molecular weight excluding hydrogens is 637 g/mol. The van der Waals surface area contributed by atoms with Crippen LogP contribution >= 0.6 is 34.8 Å². The number of β-lactam (4-membered cyclic amide) rings is 1. The Morgan fingerprint density at radius 1 is 1.12 bits per heavy atom. The Hall–Kier alpha value is -3.52. The highest BCUT2D eigenvalue weighted by Crippen LogP contribution is 2.36. The fourth-order valence-electron chi connectivity index (χ4n) is 4.46. The number of amides is 2. The largest absolute Gasteiger partial charge is 0.460 e. The smallest absolute Gasteiger partial charge is 0.333 e. The number of non-ortho nitro benzene ring substituents is 1. The minimum atomic E-state index is -1.90. The molecule has 4 rings (SSSR count). The second kappa shape index (κ2) is 12.8. The maximum Gasteiger partial charge on any atom is 0.333 e. The standard InChI is InChI=1S/C26H22Cl3N3O9S/c1-14-12-42(39)23-19(22(34)31(23)20(14)25(36)41-13-26(27,28)29)30-21(33)18(16-5-3-2-4-6-16)24(35)40-11-15-7-9-17(10-8-15)32(37)38/h2-10,18-20,23H,1,11-13H2,(H,30,33)/t18?,19?,20?,23-,42?/m1/s1. The Morgan fingerprint density at radius 2 is 1.76 bits per heavy atom. The number of nitrogens with zero attached hydrogens (tertiary/aromatic N) is 2. The highest BCUT2D eigenvalue weighted by molar-refractivity contribution is 7.86. The normalized spacial score (nSPS) is 22.3. The molecule has 0 radical (unpaired) electrons. The number of alkyl halides is 3. The molecule has 1 N–H and O–H groups in total. The molecule has 2 aromatic carbocycles. The van der Waals surface area contributed by atoms with Crippen LogP contribution in [0.25, 0.3) is 0 Å². The van der Waals surface area contributed by atoms with Gasteiger partial charge < -0.3 is 19.7 Å². The van der Waals surface area contributed by atoms with Crippen LogP contribution in [0, 0.1) is 10.1 Å². The van der Waals surface area contributed by atoms with Crippen LogP contribution in [0.3, 0.4) is 0 Å². The van der Waals surface area contributed by atoms with E-state index in [0.717, 1.165) is 4.90 Å². The number of nitrogens with one attached hydrogen (secondary N) is 1. The van der Waals surface area contributed by atoms with Gasteiger partial charge in [-0.1, -0.05) is 71.7 Å². The van der Waals surface area contributed by atoms with Crippen LogP contribution in [0.2, 0.25) is 0 Å².